The summed E-state index contributed by atoms with van der Waals surface area (Å²) in [6, 6.07) is 5.27. The molecule has 1 N–H and O–H groups in total. The van der Waals surface area contributed by atoms with E-state index in [1.165, 1.54) is 37.8 Å². The van der Waals surface area contributed by atoms with Gasteiger partial charge in [-0.25, -0.2) is 0 Å². The van der Waals surface area contributed by atoms with Crippen molar-refractivity contribution in [3.63, 3.8) is 0 Å². The number of nitro benzene ring substituents is 1. The zero-order chi connectivity index (χ0) is 15.2. The second kappa shape index (κ2) is 7.73. The highest BCUT2D eigenvalue weighted by atomic mass is 35.5. The van der Waals surface area contributed by atoms with Gasteiger partial charge in [-0.3, -0.25) is 10.1 Å². The predicted molar refractivity (Wildman–Crippen MR) is 84.7 cm³/mol. The SMILES string of the molecule is CN(CCNCc1cc([N+](=O)[O-])ccc1Cl)C1CCCC1. The van der Waals surface area contributed by atoms with E-state index >= 15 is 0 Å². The zero-order valence-corrected chi connectivity index (χ0v) is 13.1. The first kappa shape index (κ1) is 16.2. The van der Waals surface area contributed by atoms with Gasteiger partial charge < -0.3 is 10.2 Å². The van der Waals surface area contributed by atoms with E-state index < -0.39 is 4.92 Å². The van der Waals surface area contributed by atoms with Crippen LogP contribution in [0.25, 0.3) is 0 Å². The number of halogens is 1. The Hall–Kier alpha value is -1.17. The molecule has 1 fully saturated rings. The average Bonchev–Trinajstić information content (AvgIpc) is 2.99. The van der Waals surface area contributed by atoms with Crippen LogP contribution in [-0.2, 0) is 6.54 Å². The summed E-state index contributed by atoms with van der Waals surface area (Å²) in [5, 5.41) is 14.6. The molecule has 1 aliphatic rings. The summed E-state index contributed by atoms with van der Waals surface area (Å²) in [6.45, 7) is 2.39. The highest BCUT2D eigenvalue weighted by Gasteiger charge is 2.18. The van der Waals surface area contributed by atoms with Gasteiger partial charge in [-0.1, -0.05) is 24.4 Å². The van der Waals surface area contributed by atoms with Gasteiger partial charge in [-0.15, -0.1) is 0 Å². The van der Waals surface area contributed by atoms with Crippen LogP contribution in [0.3, 0.4) is 0 Å². The first-order valence-corrected chi connectivity index (χ1v) is 7.79. The van der Waals surface area contributed by atoms with Gasteiger partial charge in [0.2, 0.25) is 0 Å². The number of hydrogen-bond donors (Lipinski definition) is 1. The fraction of sp³-hybridized carbons (Fsp3) is 0.600. The lowest BCUT2D eigenvalue weighted by atomic mass is 10.2. The van der Waals surface area contributed by atoms with E-state index in [9.17, 15) is 10.1 Å². The van der Waals surface area contributed by atoms with Crippen LogP contribution in [0.5, 0.6) is 0 Å². The minimum Gasteiger partial charge on any atom is -0.311 e. The van der Waals surface area contributed by atoms with Crippen LogP contribution in [0.1, 0.15) is 31.2 Å². The smallest absolute Gasteiger partial charge is 0.269 e. The lowest BCUT2D eigenvalue weighted by Gasteiger charge is -2.24. The molecule has 6 heteroatoms. The Labute approximate surface area is 130 Å². The standard InChI is InChI=1S/C15H22ClN3O2/c1-18(13-4-2-3-5-13)9-8-17-11-12-10-14(19(20)21)6-7-15(12)16/h6-7,10,13,17H,2-5,8-9,11H2,1H3. The van der Waals surface area contributed by atoms with Gasteiger partial charge in [-0.05, 0) is 31.5 Å². The van der Waals surface area contributed by atoms with Crippen molar-refractivity contribution < 1.29 is 4.92 Å². The Balaban J connectivity index is 1.77. The number of hydrogen-bond acceptors (Lipinski definition) is 4. The van der Waals surface area contributed by atoms with Gasteiger partial charge in [0.1, 0.15) is 0 Å². The Bertz CT molecular complexity index is 490. The van der Waals surface area contributed by atoms with Crippen LogP contribution in [0.15, 0.2) is 18.2 Å². The lowest BCUT2D eigenvalue weighted by molar-refractivity contribution is -0.384. The van der Waals surface area contributed by atoms with Crippen molar-refractivity contribution in [2.45, 2.75) is 38.3 Å². The third-order valence-electron chi connectivity index (χ3n) is 4.14. The molecule has 1 saturated carbocycles. The van der Waals surface area contributed by atoms with Crippen LogP contribution in [0.2, 0.25) is 5.02 Å². The molecule has 0 spiro atoms. The third-order valence-corrected chi connectivity index (χ3v) is 4.51. The number of benzene rings is 1. The fourth-order valence-electron chi connectivity index (χ4n) is 2.82. The summed E-state index contributed by atoms with van der Waals surface area (Å²) >= 11 is 6.07. The van der Waals surface area contributed by atoms with Crippen molar-refractivity contribution in [2.75, 3.05) is 20.1 Å². The molecule has 0 unspecified atom stereocenters. The average molecular weight is 312 g/mol. The van der Waals surface area contributed by atoms with Crippen LogP contribution in [0, 0.1) is 10.1 Å². The fourth-order valence-corrected chi connectivity index (χ4v) is 3.00. The van der Waals surface area contributed by atoms with E-state index in [1.54, 1.807) is 6.07 Å². The maximum atomic E-state index is 10.8. The highest BCUT2D eigenvalue weighted by Crippen LogP contribution is 2.23. The van der Waals surface area contributed by atoms with Crippen molar-refractivity contribution in [1.29, 1.82) is 0 Å². The number of rotatable bonds is 7. The van der Waals surface area contributed by atoms with E-state index in [1.807, 2.05) is 0 Å². The summed E-state index contributed by atoms with van der Waals surface area (Å²) in [6.07, 6.45) is 5.28. The number of likely N-dealkylation sites (N-methyl/N-ethyl adjacent to an activating group) is 1. The Morgan fingerprint density at radius 1 is 1.43 bits per heavy atom. The van der Waals surface area contributed by atoms with Crippen LogP contribution < -0.4 is 5.32 Å². The summed E-state index contributed by atoms with van der Waals surface area (Å²) in [5.74, 6) is 0. The van der Waals surface area contributed by atoms with Crippen LogP contribution >= 0.6 is 11.6 Å². The molecule has 1 aliphatic carbocycles. The van der Waals surface area contributed by atoms with Gasteiger partial charge in [-0.2, -0.15) is 0 Å². The molecule has 0 atom stereocenters. The second-order valence-electron chi connectivity index (χ2n) is 5.63. The van der Waals surface area contributed by atoms with Gasteiger partial charge >= 0.3 is 0 Å². The first-order chi connectivity index (χ1) is 10.1. The molecule has 1 aromatic rings. The molecule has 0 saturated heterocycles. The molecule has 116 valence electrons. The molecular weight excluding hydrogens is 290 g/mol. The van der Waals surface area contributed by atoms with E-state index in [-0.39, 0.29) is 5.69 Å². The molecule has 0 amide bonds. The van der Waals surface area contributed by atoms with Gasteiger partial charge in [0.05, 0.1) is 4.92 Å². The third kappa shape index (κ3) is 4.66. The normalized spacial score (nSPS) is 15.8. The van der Waals surface area contributed by atoms with Crippen molar-refractivity contribution in [3.8, 4) is 0 Å². The van der Waals surface area contributed by atoms with Gasteiger partial charge in [0.25, 0.3) is 5.69 Å². The molecule has 21 heavy (non-hydrogen) atoms. The maximum absolute atomic E-state index is 10.8. The molecule has 0 radical (unpaired) electrons. The molecular formula is C15H22ClN3O2. The van der Waals surface area contributed by atoms with Crippen LogP contribution in [-0.4, -0.2) is 36.0 Å². The predicted octanol–water partition coefficient (Wildman–Crippen LogP) is 3.21. The quantitative estimate of drug-likeness (QED) is 0.477. The summed E-state index contributed by atoms with van der Waals surface area (Å²) < 4.78 is 0. The van der Waals surface area contributed by atoms with Crippen molar-refractivity contribution >= 4 is 17.3 Å². The minimum absolute atomic E-state index is 0.0827. The summed E-state index contributed by atoms with van der Waals surface area (Å²) in [5.41, 5.74) is 0.855. The monoisotopic (exact) mass is 311 g/mol. The molecule has 0 heterocycles. The van der Waals surface area contributed by atoms with Gasteiger partial charge in [0, 0.05) is 42.8 Å². The molecule has 5 nitrogen and oxygen atoms in total. The first-order valence-electron chi connectivity index (χ1n) is 7.41. The van der Waals surface area contributed by atoms with E-state index in [0.717, 1.165) is 18.7 Å². The lowest BCUT2D eigenvalue weighted by Crippen LogP contribution is -2.35. The molecule has 0 bridgehead atoms. The van der Waals surface area contributed by atoms with Crippen molar-refractivity contribution in [1.82, 2.24) is 10.2 Å². The summed E-state index contributed by atoms with van der Waals surface area (Å²) in [7, 11) is 2.16. The zero-order valence-electron chi connectivity index (χ0n) is 12.3. The summed E-state index contributed by atoms with van der Waals surface area (Å²) in [4.78, 5) is 12.8. The molecule has 1 aromatic carbocycles. The largest absolute Gasteiger partial charge is 0.311 e. The number of non-ortho nitro benzene ring substituents is 1. The van der Waals surface area contributed by atoms with Gasteiger partial charge in [0.15, 0.2) is 0 Å². The van der Waals surface area contributed by atoms with E-state index in [4.69, 9.17) is 11.6 Å². The highest BCUT2D eigenvalue weighted by molar-refractivity contribution is 6.31. The van der Waals surface area contributed by atoms with Crippen LogP contribution in [0.4, 0.5) is 5.69 Å². The second-order valence-corrected chi connectivity index (χ2v) is 6.04. The maximum Gasteiger partial charge on any atom is 0.269 e. The number of nitro groups is 1. The number of nitrogens with zero attached hydrogens (tertiary/aromatic N) is 2. The van der Waals surface area contributed by atoms with E-state index in [2.05, 4.69) is 17.3 Å². The van der Waals surface area contributed by atoms with E-state index in [0.29, 0.717) is 17.6 Å². The van der Waals surface area contributed by atoms with Crippen molar-refractivity contribution in [2.24, 2.45) is 0 Å². The Morgan fingerprint density at radius 3 is 2.81 bits per heavy atom. The van der Waals surface area contributed by atoms with Crippen molar-refractivity contribution in [3.05, 3.63) is 38.9 Å². The Morgan fingerprint density at radius 2 is 2.14 bits per heavy atom. The topological polar surface area (TPSA) is 58.4 Å². The Kier molecular flexibility index (Phi) is 5.96. The molecule has 0 aliphatic heterocycles. The number of nitrogens with one attached hydrogen (secondary N) is 1. The molecule has 2 rings (SSSR count). The minimum atomic E-state index is -0.395. The molecule has 0 aromatic heterocycles.